The Kier molecular flexibility index (Phi) is 9.09. The van der Waals surface area contributed by atoms with Crippen LogP contribution in [0.1, 0.15) is 55.5 Å². The Bertz CT molecular complexity index is 702. The molecule has 1 amide bonds. The largest absolute Gasteiger partial charge is 0.490 e. The smallest absolute Gasteiger partial charge is 0.475 e. The number of hydrogen-bond acceptors (Lipinski definition) is 5. The van der Waals surface area contributed by atoms with E-state index in [1.165, 1.54) is 0 Å². The maximum atomic E-state index is 12.9. The minimum Gasteiger partial charge on any atom is -0.475 e. The monoisotopic (exact) mass is 423 g/mol. The van der Waals surface area contributed by atoms with Crippen molar-refractivity contribution < 1.29 is 37.3 Å². The van der Waals surface area contributed by atoms with Crippen LogP contribution in [0.2, 0.25) is 0 Å². The normalized spacial score (nSPS) is 18.5. The lowest BCUT2D eigenvalue weighted by atomic mass is 9.99. The van der Waals surface area contributed by atoms with Gasteiger partial charge in [-0.1, -0.05) is 0 Å². The average molecular weight is 423 g/mol. The summed E-state index contributed by atoms with van der Waals surface area (Å²) in [5, 5.41) is 11.8. The first-order valence-electron chi connectivity index (χ1n) is 9.31. The third-order valence-corrected chi connectivity index (χ3v) is 4.40. The molecular formula is C18H28F3N3O5. The van der Waals surface area contributed by atoms with E-state index in [1.54, 1.807) is 11.8 Å². The minimum absolute atomic E-state index is 0.0520. The van der Waals surface area contributed by atoms with Crippen molar-refractivity contribution in [3.8, 4) is 0 Å². The maximum absolute atomic E-state index is 12.9. The average Bonchev–Trinajstić information content (AvgIpc) is 2.99. The van der Waals surface area contributed by atoms with Crippen LogP contribution in [0.5, 0.6) is 0 Å². The predicted molar refractivity (Wildman–Crippen MR) is 97.7 cm³/mol. The number of carbonyl (C=O) groups excluding carboxylic acids is 1. The summed E-state index contributed by atoms with van der Waals surface area (Å²) >= 11 is 0. The van der Waals surface area contributed by atoms with E-state index in [4.69, 9.17) is 19.4 Å². The van der Waals surface area contributed by atoms with Crippen LogP contribution in [-0.4, -0.2) is 70.7 Å². The number of halogens is 3. The topological polar surface area (TPSA) is 93.9 Å². The van der Waals surface area contributed by atoms with E-state index in [0.29, 0.717) is 31.9 Å². The van der Waals surface area contributed by atoms with Gasteiger partial charge in [0, 0.05) is 32.2 Å². The maximum Gasteiger partial charge on any atom is 0.490 e. The van der Waals surface area contributed by atoms with Gasteiger partial charge in [-0.2, -0.15) is 18.3 Å². The molecule has 0 aliphatic carbocycles. The lowest BCUT2D eigenvalue weighted by Crippen LogP contribution is -2.34. The van der Waals surface area contributed by atoms with Gasteiger partial charge in [0.1, 0.15) is 5.69 Å². The fraction of sp³-hybridized carbons (Fsp3) is 0.722. The van der Waals surface area contributed by atoms with Crippen molar-refractivity contribution in [2.24, 2.45) is 0 Å². The van der Waals surface area contributed by atoms with Gasteiger partial charge in [0.25, 0.3) is 5.91 Å². The van der Waals surface area contributed by atoms with Crippen molar-refractivity contribution in [3.05, 3.63) is 17.0 Å². The van der Waals surface area contributed by atoms with Gasteiger partial charge in [-0.05, 0) is 27.7 Å². The zero-order valence-electron chi connectivity index (χ0n) is 17.2. The van der Waals surface area contributed by atoms with Crippen molar-refractivity contribution in [2.75, 3.05) is 26.8 Å². The number of aromatic nitrogens is 2. The van der Waals surface area contributed by atoms with E-state index >= 15 is 0 Å². The zero-order valence-corrected chi connectivity index (χ0v) is 17.2. The molecule has 0 aromatic carbocycles. The zero-order chi connectivity index (χ0) is 22.4. The fourth-order valence-electron chi connectivity index (χ4n) is 3.03. The Morgan fingerprint density at radius 3 is 2.31 bits per heavy atom. The third-order valence-electron chi connectivity index (χ3n) is 4.40. The Labute approximate surface area is 167 Å². The van der Waals surface area contributed by atoms with Crippen molar-refractivity contribution >= 4 is 11.9 Å². The molecule has 166 valence electrons. The number of ether oxygens (including phenoxy) is 2. The lowest BCUT2D eigenvalue weighted by Gasteiger charge is -2.26. The summed E-state index contributed by atoms with van der Waals surface area (Å²) in [4.78, 5) is 23.7. The summed E-state index contributed by atoms with van der Waals surface area (Å²) in [7, 11) is 1.66. The van der Waals surface area contributed by atoms with Crippen LogP contribution in [-0.2, 0) is 27.2 Å². The number of carboxylic acids is 1. The van der Waals surface area contributed by atoms with E-state index in [9.17, 15) is 18.0 Å². The highest BCUT2D eigenvalue weighted by molar-refractivity contribution is 5.94. The molecule has 2 heterocycles. The van der Waals surface area contributed by atoms with E-state index < -0.39 is 12.1 Å². The van der Waals surface area contributed by atoms with Crippen molar-refractivity contribution in [3.63, 3.8) is 0 Å². The molecule has 2 atom stereocenters. The van der Waals surface area contributed by atoms with Crippen LogP contribution in [0.15, 0.2) is 0 Å². The second-order valence-electron chi connectivity index (χ2n) is 6.50. The molecule has 1 N–H and O–H groups in total. The Morgan fingerprint density at radius 1 is 1.31 bits per heavy atom. The molecule has 0 unspecified atom stereocenters. The van der Waals surface area contributed by atoms with Crippen LogP contribution in [0.25, 0.3) is 0 Å². The number of alkyl halides is 3. The van der Waals surface area contributed by atoms with Gasteiger partial charge in [0.05, 0.1) is 31.1 Å². The lowest BCUT2D eigenvalue weighted by molar-refractivity contribution is -0.192. The molecule has 0 radical (unpaired) electrons. The van der Waals surface area contributed by atoms with Crippen LogP contribution in [0.4, 0.5) is 13.2 Å². The van der Waals surface area contributed by atoms with Crippen molar-refractivity contribution in [1.29, 1.82) is 0 Å². The quantitative estimate of drug-likeness (QED) is 0.756. The molecule has 8 nitrogen and oxygen atoms in total. The second kappa shape index (κ2) is 10.6. The minimum atomic E-state index is -5.08. The van der Waals surface area contributed by atoms with E-state index in [-0.39, 0.29) is 18.1 Å². The number of hydrogen-bond donors (Lipinski definition) is 1. The van der Waals surface area contributed by atoms with Crippen LogP contribution < -0.4 is 0 Å². The van der Waals surface area contributed by atoms with E-state index in [0.717, 1.165) is 17.7 Å². The first-order chi connectivity index (χ1) is 13.5. The van der Waals surface area contributed by atoms with Crippen molar-refractivity contribution in [2.45, 2.75) is 59.0 Å². The third kappa shape index (κ3) is 6.43. The predicted octanol–water partition coefficient (Wildman–Crippen LogP) is 2.67. The molecule has 29 heavy (non-hydrogen) atoms. The molecule has 0 saturated carbocycles. The molecule has 1 aliphatic heterocycles. The van der Waals surface area contributed by atoms with Crippen LogP contribution in [0, 0.1) is 0 Å². The van der Waals surface area contributed by atoms with Gasteiger partial charge in [-0.25, -0.2) is 4.79 Å². The highest BCUT2D eigenvalue weighted by Gasteiger charge is 2.38. The van der Waals surface area contributed by atoms with Crippen molar-refractivity contribution in [1.82, 2.24) is 14.7 Å². The number of methoxy groups -OCH3 is 1. The van der Waals surface area contributed by atoms with Crippen LogP contribution in [0.3, 0.4) is 0 Å². The number of aliphatic carboxylic acids is 1. The standard InChI is InChI=1S/C16H27N3O3.C2HF3O2/c1-6-18(7-2)16(20)15-13-10-11(3)22-12(4)14(13)17-19(15)8-9-21-5;3-2(4,5)1(6)7/h11-12H,6-10H2,1-5H3;(H,6,7)/t11-,12+;/m1./s1. The van der Waals surface area contributed by atoms with E-state index in [1.807, 2.05) is 32.6 Å². The number of fused-ring (bicyclic) bond motifs is 1. The number of nitrogens with zero attached hydrogens (tertiary/aromatic N) is 3. The van der Waals surface area contributed by atoms with Gasteiger partial charge in [-0.3, -0.25) is 9.48 Å². The molecule has 0 fully saturated rings. The summed E-state index contributed by atoms with van der Waals surface area (Å²) in [6.07, 6.45) is -4.33. The summed E-state index contributed by atoms with van der Waals surface area (Å²) in [6, 6.07) is 0. The Hall–Kier alpha value is -2.14. The highest BCUT2D eigenvalue weighted by Crippen LogP contribution is 2.32. The number of rotatable bonds is 6. The first kappa shape index (κ1) is 24.9. The molecule has 1 aromatic rings. The highest BCUT2D eigenvalue weighted by atomic mass is 19.4. The number of carboxylic acid groups (broad SMARTS) is 1. The Balaban J connectivity index is 0.000000516. The SMILES string of the molecule is CCN(CC)C(=O)c1c2c(nn1CCOC)[C@H](C)O[C@H](C)C2.O=C(O)C(F)(F)F. The molecule has 0 saturated heterocycles. The molecular weight excluding hydrogens is 395 g/mol. The molecule has 2 rings (SSSR count). The first-order valence-corrected chi connectivity index (χ1v) is 9.31. The van der Waals surface area contributed by atoms with Crippen LogP contribution >= 0.6 is 0 Å². The fourth-order valence-corrected chi connectivity index (χ4v) is 3.03. The second-order valence-corrected chi connectivity index (χ2v) is 6.50. The van der Waals surface area contributed by atoms with Gasteiger partial charge < -0.3 is 19.5 Å². The molecule has 1 aromatic heterocycles. The summed E-state index contributed by atoms with van der Waals surface area (Å²) in [6.45, 7) is 10.5. The van der Waals surface area contributed by atoms with E-state index in [2.05, 4.69) is 5.10 Å². The molecule has 0 spiro atoms. The summed E-state index contributed by atoms with van der Waals surface area (Å²) < 4.78 is 44.5. The number of carbonyl (C=O) groups is 2. The molecule has 0 bridgehead atoms. The van der Waals surface area contributed by atoms with Gasteiger partial charge in [-0.15, -0.1) is 0 Å². The summed E-state index contributed by atoms with van der Waals surface area (Å²) in [5.74, 6) is -2.70. The van der Waals surface area contributed by atoms with Gasteiger partial charge >= 0.3 is 12.1 Å². The molecule has 11 heteroatoms. The summed E-state index contributed by atoms with van der Waals surface area (Å²) in [5.41, 5.74) is 2.64. The number of amides is 1. The Morgan fingerprint density at radius 2 is 1.86 bits per heavy atom. The van der Waals surface area contributed by atoms with Gasteiger partial charge in [0.15, 0.2) is 0 Å². The van der Waals surface area contributed by atoms with Gasteiger partial charge in [0.2, 0.25) is 0 Å². The molecule has 1 aliphatic rings.